The van der Waals surface area contributed by atoms with Crippen molar-refractivity contribution in [1.82, 2.24) is 15.2 Å². The number of Topliss-reactive ketones (excluding diaryl/α,β-unsaturated/α-hetero) is 1. The van der Waals surface area contributed by atoms with Gasteiger partial charge in [0.05, 0.1) is 23.1 Å². The second kappa shape index (κ2) is 8.43. The van der Waals surface area contributed by atoms with Crippen LogP contribution in [0, 0.1) is 11.3 Å². The van der Waals surface area contributed by atoms with Crippen LogP contribution >= 0.6 is 0 Å². The van der Waals surface area contributed by atoms with Gasteiger partial charge in [-0.25, -0.2) is 5.10 Å². The molecule has 2 aliphatic rings. The second-order valence-electron chi connectivity index (χ2n) is 8.37. The van der Waals surface area contributed by atoms with Crippen molar-refractivity contribution < 1.29 is 18.0 Å². The van der Waals surface area contributed by atoms with Crippen LogP contribution in [0.4, 0.5) is 19.1 Å². The molecular formula is C25H19F3N6O. The smallest absolute Gasteiger partial charge is 0.384 e. The van der Waals surface area contributed by atoms with E-state index in [1.165, 1.54) is 29.4 Å². The fourth-order valence-corrected chi connectivity index (χ4v) is 4.96. The second-order valence-corrected chi connectivity index (χ2v) is 8.37. The van der Waals surface area contributed by atoms with Crippen molar-refractivity contribution in [3.8, 4) is 6.07 Å². The van der Waals surface area contributed by atoms with Gasteiger partial charge in [0.15, 0.2) is 5.78 Å². The number of allylic oxidation sites excluding steroid dienone is 3. The van der Waals surface area contributed by atoms with Crippen molar-refractivity contribution in [2.24, 2.45) is 5.73 Å². The highest BCUT2D eigenvalue weighted by molar-refractivity contribution is 6.01. The van der Waals surface area contributed by atoms with Gasteiger partial charge in [-0.3, -0.25) is 9.69 Å². The van der Waals surface area contributed by atoms with Crippen molar-refractivity contribution in [3.05, 3.63) is 100 Å². The standard InChI is InChI=1S/C25H19F3N6O/c26-25(27,28)18-9-5-4-8-16(18)21-17(12-29)23(30)34(24-31-13-32-33-24)19-10-15(11-20(35)22(19)21)14-6-2-1-3-7-14/h1-9,13,15,21H,10-11,30H2,(H,31,32,33). The number of benzene rings is 2. The van der Waals surface area contributed by atoms with Crippen LogP contribution < -0.4 is 10.6 Å². The zero-order valence-corrected chi connectivity index (χ0v) is 18.3. The van der Waals surface area contributed by atoms with E-state index in [0.717, 1.165) is 11.6 Å². The van der Waals surface area contributed by atoms with Crippen LogP contribution in [0.25, 0.3) is 0 Å². The molecule has 0 amide bonds. The summed E-state index contributed by atoms with van der Waals surface area (Å²) in [6, 6.07) is 16.3. The molecule has 0 saturated carbocycles. The first-order valence-corrected chi connectivity index (χ1v) is 10.8. The molecule has 1 aromatic heterocycles. The molecule has 2 atom stereocenters. The molecule has 7 nitrogen and oxygen atoms in total. The Morgan fingerprint density at radius 2 is 1.80 bits per heavy atom. The molecule has 2 unspecified atom stereocenters. The molecule has 2 heterocycles. The summed E-state index contributed by atoms with van der Waals surface area (Å²) >= 11 is 0. The van der Waals surface area contributed by atoms with Crippen molar-refractivity contribution in [1.29, 1.82) is 5.26 Å². The third kappa shape index (κ3) is 3.75. The number of aromatic amines is 1. The highest BCUT2D eigenvalue weighted by atomic mass is 19.4. The van der Waals surface area contributed by atoms with E-state index >= 15 is 0 Å². The number of H-pyrrole nitrogens is 1. The summed E-state index contributed by atoms with van der Waals surface area (Å²) in [5, 5.41) is 16.6. The topological polar surface area (TPSA) is 112 Å². The van der Waals surface area contributed by atoms with Gasteiger partial charge in [0.2, 0.25) is 5.95 Å². The molecule has 0 spiro atoms. The molecule has 0 bridgehead atoms. The van der Waals surface area contributed by atoms with Crippen LogP contribution in [0.1, 0.15) is 41.4 Å². The van der Waals surface area contributed by atoms with Gasteiger partial charge in [0.25, 0.3) is 0 Å². The molecule has 0 saturated heterocycles. The summed E-state index contributed by atoms with van der Waals surface area (Å²) in [5.74, 6) is -1.73. The Labute approximate surface area is 198 Å². The first-order chi connectivity index (χ1) is 16.8. The lowest BCUT2D eigenvalue weighted by Crippen LogP contribution is -2.40. The predicted octanol–water partition coefficient (Wildman–Crippen LogP) is 4.52. The maximum absolute atomic E-state index is 14.0. The number of aromatic nitrogens is 3. The summed E-state index contributed by atoms with van der Waals surface area (Å²) < 4.78 is 41.9. The summed E-state index contributed by atoms with van der Waals surface area (Å²) in [4.78, 5) is 19.2. The van der Waals surface area contributed by atoms with Gasteiger partial charge >= 0.3 is 6.18 Å². The number of nitrogens with one attached hydrogen (secondary N) is 1. The van der Waals surface area contributed by atoms with Gasteiger partial charge in [-0.2, -0.15) is 28.5 Å². The molecule has 2 aromatic carbocycles. The Kier molecular flexibility index (Phi) is 5.40. The highest BCUT2D eigenvalue weighted by Crippen LogP contribution is 2.50. The zero-order valence-electron chi connectivity index (χ0n) is 18.3. The number of carbonyl (C=O) groups is 1. The third-order valence-electron chi connectivity index (χ3n) is 6.43. The summed E-state index contributed by atoms with van der Waals surface area (Å²) in [5.41, 5.74) is 6.62. The number of ketones is 1. The first kappa shape index (κ1) is 22.4. The van der Waals surface area contributed by atoms with Crippen LogP contribution in [0.15, 0.2) is 83.6 Å². The quantitative estimate of drug-likeness (QED) is 0.575. The fraction of sp³-hybridized carbons (Fsp3) is 0.200. The predicted molar refractivity (Wildman–Crippen MR) is 120 cm³/mol. The summed E-state index contributed by atoms with van der Waals surface area (Å²) in [7, 11) is 0. The van der Waals surface area contributed by atoms with E-state index in [2.05, 4.69) is 15.2 Å². The number of nitrogens with two attached hydrogens (primary N) is 1. The molecule has 10 heteroatoms. The average molecular weight is 476 g/mol. The highest BCUT2D eigenvalue weighted by Gasteiger charge is 2.46. The average Bonchev–Trinajstić information content (AvgIpc) is 3.37. The summed E-state index contributed by atoms with van der Waals surface area (Å²) in [6.07, 6.45) is -3.02. The minimum Gasteiger partial charge on any atom is -0.384 e. The monoisotopic (exact) mass is 476 g/mol. The van der Waals surface area contributed by atoms with Crippen LogP contribution in [0.5, 0.6) is 0 Å². The Morgan fingerprint density at radius 1 is 1.09 bits per heavy atom. The number of anilines is 1. The number of alkyl halides is 3. The van der Waals surface area contributed by atoms with Gasteiger partial charge in [0, 0.05) is 17.7 Å². The van der Waals surface area contributed by atoms with E-state index in [1.54, 1.807) is 0 Å². The minimum atomic E-state index is -4.68. The van der Waals surface area contributed by atoms with Crippen molar-refractivity contribution in [3.63, 3.8) is 0 Å². The molecule has 3 aromatic rings. The number of carbonyl (C=O) groups excluding carboxylic acids is 1. The fourth-order valence-electron chi connectivity index (χ4n) is 4.96. The number of nitriles is 1. The maximum Gasteiger partial charge on any atom is 0.416 e. The van der Waals surface area contributed by atoms with E-state index in [4.69, 9.17) is 5.73 Å². The molecule has 3 N–H and O–H groups in total. The minimum absolute atomic E-state index is 0.0912. The van der Waals surface area contributed by atoms with Crippen LogP contribution in [-0.4, -0.2) is 21.0 Å². The number of rotatable bonds is 3. The van der Waals surface area contributed by atoms with Crippen LogP contribution in [0.3, 0.4) is 0 Å². The molecule has 5 rings (SSSR count). The van der Waals surface area contributed by atoms with Gasteiger partial charge in [0.1, 0.15) is 12.1 Å². The maximum atomic E-state index is 14.0. The molecule has 1 aliphatic heterocycles. The Morgan fingerprint density at radius 3 is 2.46 bits per heavy atom. The summed E-state index contributed by atoms with van der Waals surface area (Å²) in [6.45, 7) is 0. The molecular weight excluding hydrogens is 457 g/mol. The lowest BCUT2D eigenvalue weighted by molar-refractivity contribution is -0.138. The van der Waals surface area contributed by atoms with Gasteiger partial charge < -0.3 is 5.73 Å². The number of hydrogen-bond donors (Lipinski definition) is 2. The third-order valence-corrected chi connectivity index (χ3v) is 6.43. The number of hydrogen-bond acceptors (Lipinski definition) is 6. The number of halogens is 3. The SMILES string of the molecule is N#CC1=C(N)N(c2ncn[nH]2)C2=C(C(=O)CC(c3ccccc3)C2)C1c1ccccc1C(F)(F)F. The van der Waals surface area contributed by atoms with Crippen molar-refractivity contribution in [2.45, 2.75) is 30.9 Å². The molecule has 0 radical (unpaired) electrons. The Balaban J connectivity index is 1.76. The van der Waals surface area contributed by atoms with E-state index in [1.807, 2.05) is 36.4 Å². The normalized spacial score (nSPS) is 20.6. The van der Waals surface area contributed by atoms with E-state index in [9.17, 15) is 23.2 Å². The van der Waals surface area contributed by atoms with E-state index < -0.39 is 17.7 Å². The molecule has 35 heavy (non-hydrogen) atoms. The van der Waals surface area contributed by atoms with Gasteiger partial charge in [-0.1, -0.05) is 48.5 Å². The number of nitrogens with zero attached hydrogens (tertiary/aromatic N) is 4. The molecule has 176 valence electrons. The van der Waals surface area contributed by atoms with E-state index in [-0.39, 0.29) is 46.6 Å². The first-order valence-electron chi connectivity index (χ1n) is 10.8. The zero-order chi connectivity index (χ0) is 24.7. The Bertz CT molecular complexity index is 1390. The van der Waals surface area contributed by atoms with Gasteiger partial charge in [-0.05, 0) is 29.5 Å². The molecule has 1 aliphatic carbocycles. The Hall–Kier alpha value is -4.39. The van der Waals surface area contributed by atoms with E-state index in [0.29, 0.717) is 12.1 Å². The largest absolute Gasteiger partial charge is 0.416 e. The lowest BCUT2D eigenvalue weighted by atomic mass is 9.71. The van der Waals surface area contributed by atoms with Crippen molar-refractivity contribution >= 4 is 11.7 Å². The lowest BCUT2D eigenvalue weighted by Gasteiger charge is -2.40. The van der Waals surface area contributed by atoms with Gasteiger partial charge in [-0.15, -0.1) is 0 Å². The van der Waals surface area contributed by atoms with Crippen LogP contribution in [0.2, 0.25) is 0 Å². The van der Waals surface area contributed by atoms with Crippen LogP contribution in [-0.2, 0) is 11.0 Å². The molecule has 0 fully saturated rings. The van der Waals surface area contributed by atoms with Crippen molar-refractivity contribution in [2.75, 3.05) is 4.90 Å².